The summed E-state index contributed by atoms with van der Waals surface area (Å²) in [6, 6.07) is 0. The van der Waals surface area contributed by atoms with Gasteiger partial charge in [-0.3, -0.25) is 9.58 Å². The highest BCUT2D eigenvalue weighted by Crippen LogP contribution is 2.31. The van der Waals surface area contributed by atoms with Gasteiger partial charge in [0.25, 0.3) is 0 Å². The Morgan fingerprint density at radius 2 is 2.17 bits per heavy atom. The van der Waals surface area contributed by atoms with Crippen molar-refractivity contribution in [1.82, 2.24) is 30.1 Å². The normalized spacial score (nSPS) is 18.9. The number of hydrogen-bond acceptors (Lipinski definition) is 6. The van der Waals surface area contributed by atoms with Crippen LogP contribution in [0.25, 0.3) is 0 Å². The van der Waals surface area contributed by atoms with Gasteiger partial charge in [-0.2, -0.15) is 10.1 Å². The maximum Gasteiger partial charge on any atom is 0.229 e. The zero-order valence-electron chi connectivity index (χ0n) is 14.4. The molecule has 0 amide bonds. The third-order valence-electron chi connectivity index (χ3n) is 5.12. The van der Waals surface area contributed by atoms with Crippen molar-refractivity contribution >= 4 is 0 Å². The van der Waals surface area contributed by atoms with Gasteiger partial charge in [-0.1, -0.05) is 24.4 Å². The van der Waals surface area contributed by atoms with Crippen LogP contribution in [-0.2, 0) is 26.2 Å². The lowest BCUT2D eigenvalue weighted by molar-refractivity contribution is 0.290. The Kier molecular flexibility index (Phi) is 4.62. The van der Waals surface area contributed by atoms with Gasteiger partial charge in [0, 0.05) is 31.1 Å². The van der Waals surface area contributed by atoms with Crippen LogP contribution in [0.15, 0.2) is 10.7 Å². The van der Waals surface area contributed by atoms with Crippen molar-refractivity contribution < 1.29 is 4.52 Å². The van der Waals surface area contributed by atoms with Gasteiger partial charge in [-0.15, -0.1) is 0 Å². The van der Waals surface area contributed by atoms with Gasteiger partial charge in [0.1, 0.15) is 0 Å². The van der Waals surface area contributed by atoms with Crippen molar-refractivity contribution in [2.24, 2.45) is 0 Å². The predicted octanol–water partition coefficient (Wildman–Crippen LogP) is 2.05. The second-order valence-electron chi connectivity index (χ2n) is 7.07. The molecule has 0 saturated heterocycles. The Morgan fingerprint density at radius 3 is 3.04 bits per heavy atom. The molecule has 7 heteroatoms. The monoisotopic (exact) mass is 330 g/mol. The van der Waals surface area contributed by atoms with Crippen molar-refractivity contribution in [2.45, 2.75) is 64.2 Å². The summed E-state index contributed by atoms with van der Waals surface area (Å²) in [6.07, 6.45) is 8.26. The molecule has 0 atom stereocenters. The Bertz CT molecular complexity index is 672. The third kappa shape index (κ3) is 3.37. The summed E-state index contributed by atoms with van der Waals surface area (Å²) in [5.41, 5.74) is 2.57. The topological polar surface area (TPSA) is 72.0 Å². The number of rotatable bonds is 5. The molecule has 0 bridgehead atoms. The fourth-order valence-corrected chi connectivity index (χ4v) is 3.81. The molecule has 1 aliphatic heterocycles. The van der Waals surface area contributed by atoms with E-state index >= 15 is 0 Å². The Morgan fingerprint density at radius 1 is 1.29 bits per heavy atom. The van der Waals surface area contributed by atoms with Gasteiger partial charge in [-0.25, -0.2) is 0 Å². The summed E-state index contributed by atoms with van der Waals surface area (Å²) >= 11 is 0. The number of hydrogen-bond donors (Lipinski definition) is 1. The van der Waals surface area contributed by atoms with Crippen LogP contribution >= 0.6 is 0 Å². The first kappa shape index (κ1) is 15.8. The molecule has 1 N–H and O–H groups in total. The third-order valence-corrected chi connectivity index (χ3v) is 5.12. The molecule has 2 aliphatic rings. The van der Waals surface area contributed by atoms with E-state index in [1.54, 1.807) is 0 Å². The van der Waals surface area contributed by atoms with E-state index in [2.05, 4.69) is 37.2 Å². The molecule has 4 rings (SSSR count). The average Bonchev–Trinajstić information content (AvgIpc) is 3.23. The number of nitrogens with one attached hydrogen (secondary N) is 1. The molecule has 0 unspecified atom stereocenters. The number of fused-ring (bicyclic) bond motifs is 1. The van der Waals surface area contributed by atoms with Crippen LogP contribution in [-0.4, -0.2) is 38.4 Å². The summed E-state index contributed by atoms with van der Waals surface area (Å²) in [4.78, 5) is 6.86. The number of aromatic nitrogens is 4. The molecule has 130 valence electrons. The predicted molar refractivity (Wildman–Crippen MR) is 89.2 cm³/mol. The Hall–Kier alpha value is -1.73. The molecular formula is C17H26N6O. The van der Waals surface area contributed by atoms with E-state index in [1.165, 1.54) is 43.4 Å². The Balaban J connectivity index is 1.37. The van der Waals surface area contributed by atoms with E-state index in [0.29, 0.717) is 12.5 Å². The van der Waals surface area contributed by atoms with Crippen LogP contribution in [0.1, 0.15) is 61.0 Å². The van der Waals surface area contributed by atoms with E-state index in [4.69, 9.17) is 4.52 Å². The summed E-state index contributed by atoms with van der Waals surface area (Å²) in [7, 11) is 2.09. The van der Waals surface area contributed by atoms with E-state index in [0.717, 1.165) is 37.9 Å². The minimum Gasteiger partial charge on any atom is -0.339 e. The zero-order valence-corrected chi connectivity index (χ0v) is 14.4. The summed E-state index contributed by atoms with van der Waals surface area (Å²) < 4.78 is 7.62. The van der Waals surface area contributed by atoms with Gasteiger partial charge in [0.2, 0.25) is 5.89 Å². The summed E-state index contributed by atoms with van der Waals surface area (Å²) in [6.45, 7) is 4.40. The summed E-state index contributed by atoms with van der Waals surface area (Å²) in [5.74, 6) is 2.10. The van der Waals surface area contributed by atoms with Gasteiger partial charge in [0.05, 0.1) is 25.0 Å². The van der Waals surface area contributed by atoms with Crippen molar-refractivity contribution in [2.75, 3.05) is 13.6 Å². The van der Waals surface area contributed by atoms with Gasteiger partial charge in [0.15, 0.2) is 5.82 Å². The van der Waals surface area contributed by atoms with E-state index in [1.807, 2.05) is 6.20 Å². The first-order valence-corrected chi connectivity index (χ1v) is 9.05. The van der Waals surface area contributed by atoms with Crippen LogP contribution in [0.5, 0.6) is 0 Å². The second-order valence-corrected chi connectivity index (χ2v) is 7.07. The average molecular weight is 330 g/mol. The van der Waals surface area contributed by atoms with Gasteiger partial charge < -0.3 is 9.84 Å². The van der Waals surface area contributed by atoms with Crippen LogP contribution < -0.4 is 5.32 Å². The molecule has 0 aromatic carbocycles. The highest BCUT2D eigenvalue weighted by atomic mass is 16.5. The molecule has 0 spiro atoms. The first-order valence-electron chi connectivity index (χ1n) is 9.05. The van der Waals surface area contributed by atoms with Crippen molar-refractivity contribution in [1.29, 1.82) is 0 Å². The molecule has 2 aromatic heterocycles. The lowest BCUT2D eigenvalue weighted by Crippen LogP contribution is -2.29. The maximum absolute atomic E-state index is 5.52. The minimum absolute atomic E-state index is 0.471. The highest BCUT2D eigenvalue weighted by molar-refractivity contribution is 5.18. The van der Waals surface area contributed by atoms with Crippen molar-refractivity contribution in [3.63, 3.8) is 0 Å². The van der Waals surface area contributed by atoms with Crippen molar-refractivity contribution in [3.05, 3.63) is 29.2 Å². The van der Waals surface area contributed by atoms with Crippen LogP contribution in [0.3, 0.4) is 0 Å². The van der Waals surface area contributed by atoms with Crippen LogP contribution in [0, 0.1) is 0 Å². The van der Waals surface area contributed by atoms with E-state index < -0.39 is 0 Å². The molecular weight excluding hydrogens is 304 g/mol. The molecule has 24 heavy (non-hydrogen) atoms. The molecule has 1 saturated carbocycles. The summed E-state index contributed by atoms with van der Waals surface area (Å²) in [5, 5.41) is 12.1. The molecule has 1 fully saturated rings. The largest absolute Gasteiger partial charge is 0.339 e. The first-order chi connectivity index (χ1) is 11.8. The van der Waals surface area contributed by atoms with Gasteiger partial charge >= 0.3 is 0 Å². The number of nitrogens with zero attached hydrogens (tertiary/aromatic N) is 5. The van der Waals surface area contributed by atoms with Gasteiger partial charge in [-0.05, 0) is 19.9 Å². The second kappa shape index (κ2) is 7.03. The minimum atomic E-state index is 0.471. The van der Waals surface area contributed by atoms with Crippen LogP contribution in [0.2, 0.25) is 0 Å². The lowest BCUT2D eigenvalue weighted by atomic mass is 9.89. The molecule has 0 radical (unpaired) electrons. The maximum atomic E-state index is 5.52. The fraction of sp³-hybridized carbons (Fsp3) is 0.706. The molecule has 2 aromatic rings. The Labute approximate surface area is 142 Å². The molecule has 3 heterocycles. The smallest absolute Gasteiger partial charge is 0.229 e. The molecule has 7 nitrogen and oxygen atoms in total. The zero-order chi connectivity index (χ0) is 16.4. The SMILES string of the molecule is CN(Cc1noc(C2CCCCC2)n1)Cc1cnn2c1CNCC2. The molecule has 1 aliphatic carbocycles. The quantitative estimate of drug-likeness (QED) is 0.904. The fourth-order valence-electron chi connectivity index (χ4n) is 3.81. The van der Waals surface area contributed by atoms with E-state index in [9.17, 15) is 0 Å². The lowest BCUT2D eigenvalue weighted by Gasteiger charge is -2.19. The van der Waals surface area contributed by atoms with Crippen LogP contribution in [0.4, 0.5) is 0 Å². The highest BCUT2D eigenvalue weighted by Gasteiger charge is 2.22. The van der Waals surface area contributed by atoms with E-state index in [-0.39, 0.29) is 0 Å². The van der Waals surface area contributed by atoms with Crippen molar-refractivity contribution in [3.8, 4) is 0 Å². The standard InChI is InChI=1S/C17H26N6O/c1-22(11-14-9-19-23-8-7-18-10-15(14)23)12-16-20-17(24-21-16)13-5-3-2-4-6-13/h9,13,18H,2-8,10-12H2,1H3.